The third-order valence-corrected chi connectivity index (χ3v) is 8.25. The van der Waals surface area contributed by atoms with Gasteiger partial charge in [0.15, 0.2) is 9.84 Å². The first kappa shape index (κ1) is 26.3. The molecule has 0 saturated carbocycles. The predicted molar refractivity (Wildman–Crippen MR) is 118 cm³/mol. The second-order valence-corrected chi connectivity index (χ2v) is 10.7. The van der Waals surface area contributed by atoms with Gasteiger partial charge in [-0.15, -0.1) is 0 Å². The fourth-order valence-electron chi connectivity index (χ4n) is 3.74. The number of benzene rings is 2. The average molecular weight is 539 g/mol. The Morgan fingerprint density at radius 3 is 2.29 bits per heavy atom. The van der Waals surface area contributed by atoms with Crippen LogP contribution in [-0.4, -0.2) is 60.9 Å². The van der Waals surface area contributed by atoms with Crippen molar-refractivity contribution in [1.82, 2.24) is 10.2 Å². The van der Waals surface area contributed by atoms with Crippen LogP contribution in [0.3, 0.4) is 0 Å². The van der Waals surface area contributed by atoms with E-state index in [4.69, 9.17) is 23.2 Å². The molecule has 13 heteroatoms. The fourth-order valence-corrected chi connectivity index (χ4v) is 6.09. The first-order valence-corrected chi connectivity index (χ1v) is 12.2. The van der Waals surface area contributed by atoms with Gasteiger partial charge in [0.1, 0.15) is 12.1 Å². The topological polar surface area (TPSA) is 104 Å². The highest BCUT2D eigenvalue weighted by atomic mass is 35.5. The van der Waals surface area contributed by atoms with Crippen molar-refractivity contribution in [2.45, 2.75) is 34.8 Å². The highest BCUT2D eigenvalue weighted by molar-refractivity contribution is 7.92. The van der Waals surface area contributed by atoms with Crippen molar-refractivity contribution < 1.29 is 36.3 Å². The van der Waals surface area contributed by atoms with E-state index < -0.39 is 64.7 Å². The highest BCUT2D eigenvalue weighted by Gasteiger charge is 2.47. The van der Waals surface area contributed by atoms with E-state index in [0.29, 0.717) is 0 Å². The molecule has 3 atom stereocenters. The Hall–Kier alpha value is -2.34. The largest absolute Gasteiger partial charge is 0.480 e. The molecule has 1 saturated heterocycles. The Morgan fingerprint density at radius 1 is 1.12 bits per heavy atom. The zero-order chi connectivity index (χ0) is 25.3. The molecule has 1 heterocycles. The van der Waals surface area contributed by atoms with Crippen LogP contribution in [-0.2, 0) is 19.4 Å². The molecule has 2 N–H and O–H groups in total. The van der Waals surface area contributed by atoms with Gasteiger partial charge in [0, 0.05) is 11.6 Å². The van der Waals surface area contributed by atoms with Crippen molar-refractivity contribution >= 4 is 44.9 Å². The summed E-state index contributed by atoms with van der Waals surface area (Å²) >= 11 is 11.8. The molecule has 34 heavy (non-hydrogen) atoms. The van der Waals surface area contributed by atoms with Gasteiger partial charge in [-0.3, -0.25) is 10.1 Å². The molecule has 2 aromatic carbocycles. The monoisotopic (exact) mass is 538 g/mol. The Morgan fingerprint density at radius 2 is 1.74 bits per heavy atom. The number of hydrogen-bond donors (Lipinski definition) is 2. The standard InChI is InChI=1S/C21H19Cl2F3N2O5S/c22-13-7-5-12(6-8-13)18(27-11-21(24,25)26)19(29)28-10-14(9-16(28)20(30)31)34(32,33)17-4-2-1-3-15(17)23/h1-8,14,16,18,27H,9-11H2,(H,30,31)/t14?,16-,18?/m1/s1. The van der Waals surface area contributed by atoms with Gasteiger partial charge in [0.2, 0.25) is 5.91 Å². The smallest absolute Gasteiger partial charge is 0.401 e. The number of hydrogen-bond acceptors (Lipinski definition) is 5. The van der Waals surface area contributed by atoms with Gasteiger partial charge in [-0.25, -0.2) is 13.2 Å². The summed E-state index contributed by atoms with van der Waals surface area (Å²) in [7, 11) is -4.14. The van der Waals surface area contributed by atoms with Crippen LogP contribution in [0.5, 0.6) is 0 Å². The van der Waals surface area contributed by atoms with E-state index in [9.17, 15) is 36.3 Å². The van der Waals surface area contributed by atoms with Gasteiger partial charge in [-0.2, -0.15) is 13.2 Å². The minimum absolute atomic E-state index is 0.0648. The number of rotatable bonds is 7. The maximum Gasteiger partial charge on any atom is 0.401 e. The molecular weight excluding hydrogens is 520 g/mol. The molecule has 1 amide bonds. The van der Waals surface area contributed by atoms with E-state index in [1.54, 1.807) is 0 Å². The van der Waals surface area contributed by atoms with Gasteiger partial charge < -0.3 is 10.0 Å². The molecule has 2 aromatic rings. The van der Waals surface area contributed by atoms with Gasteiger partial charge in [0.25, 0.3) is 0 Å². The van der Waals surface area contributed by atoms with Crippen LogP contribution in [0.15, 0.2) is 53.4 Å². The lowest BCUT2D eigenvalue weighted by molar-refractivity contribution is -0.150. The zero-order valence-corrected chi connectivity index (χ0v) is 19.6. The van der Waals surface area contributed by atoms with Crippen molar-refractivity contribution in [1.29, 1.82) is 0 Å². The van der Waals surface area contributed by atoms with Crippen LogP contribution in [0, 0.1) is 0 Å². The number of sulfone groups is 1. The molecule has 1 aliphatic rings. The number of amides is 1. The summed E-state index contributed by atoms with van der Waals surface area (Å²) in [5.74, 6) is -2.48. The fraction of sp³-hybridized carbons (Fsp3) is 0.333. The van der Waals surface area contributed by atoms with Crippen LogP contribution in [0.4, 0.5) is 13.2 Å². The second kappa shape index (κ2) is 10.1. The van der Waals surface area contributed by atoms with E-state index in [0.717, 1.165) is 4.90 Å². The van der Waals surface area contributed by atoms with Crippen molar-refractivity contribution in [3.8, 4) is 0 Å². The number of likely N-dealkylation sites (tertiary alicyclic amines) is 1. The van der Waals surface area contributed by atoms with Crippen molar-refractivity contribution in [2.75, 3.05) is 13.1 Å². The number of carboxylic acid groups (broad SMARTS) is 1. The zero-order valence-electron chi connectivity index (χ0n) is 17.3. The summed E-state index contributed by atoms with van der Waals surface area (Å²) in [6, 6.07) is 7.86. The summed E-state index contributed by atoms with van der Waals surface area (Å²) in [4.78, 5) is 25.8. The third-order valence-electron chi connectivity index (χ3n) is 5.37. The molecular formula is C21H19Cl2F3N2O5S. The summed E-state index contributed by atoms with van der Waals surface area (Å²) in [6.07, 6.45) is -5.10. The number of carbonyl (C=O) groups excluding carboxylic acids is 1. The molecule has 0 spiro atoms. The summed E-state index contributed by atoms with van der Waals surface area (Å²) in [5.41, 5.74) is 0.111. The number of nitrogens with zero attached hydrogens (tertiary/aromatic N) is 1. The lowest BCUT2D eigenvalue weighted by Crippen LogP contribution is -2.47. The average Bonchev–Trinajstić information content (AvgIpc) is 3.21. The molecule has 1 fully saturated rings. The minimum Gasteiger partial charge on any atom is -0.480 e. The summed E-state index contributed by atoms with van der Waals surface area (Å²) in [5, 5.41) is 10.7. The van der Waals surface area contributed by atoms with Gasteiger partial charge in [0.05, 0.1) is 21.7 Å². The second-order valence-electron chi connectivity index (χ2n) is 7.66. The Labute approximate surface area is 203 Å². The molecule has 7 nitrogen and oxygen atoms in total. The number of carbonyl (C=O) groups is 2. The third kappa shape index (κ3) is 5.83. The van der Waals surface area contributed by atoms with E-state index in [-0.39, 0.29) is 20.5 Å². The first-order valence-electron chi connectivity index (χ1n) is 9.88. The van der Waals surface area contributed by atoms with E-state index in [1.807, 2.05) is 0 Å². The van der Waals surface area contributed by atoms with Gasteiger partial charge >= 0.3 is 12.1 Å². The number of nitrogens with one attached hydrogen (secondary N) is 1. The van der Waals surface area contributed by atoms with Crippen LogP contribution >= 0.6 is 23.2 Å². The molecule has 0 aliphatic carbocycles. The van der Waals surface area contributed by atoms with Crippen LogP contribution in [0.25, 0.3) is 0 Å². The number of alkyl halides is 3. The Bertz CT molecular complexity index is 1180. The normalized spacial score (nSPS) is 19.7. The molecule has 3 rings (SSSR count). The lowest BCUT2D eigenvalue weighted by atomic mass is 10.0. The molecule has 0 bridgehead atoms. The number of carboxylic acids is 1. The maximum absolute atomic E-state index is 13.3. The summed E-state index contributed by atoms with van der Waals surface area (Å²) < 4.78 is 64.9. The number of aliphatic carboxylic acids is 1. The number of halogens is 5. The molecule has 2 unspecified atom stereocenters. The highest BCUT2D eigenvalue weighted by Crippen LogP contribution is 2.33. The maximum atomic E-state index is 13.3. The van der Waals surface area contributed by atoms with Crippen LogP contribution in [0.1, 0.15) is 18.0 Å². The lowest BCUT2D eigenvalue weighted by Gasteiger charge is -2.28. The van der Waals surface area contributed by atoms with Crippen LogP contribution < -0.4 is 5.32 Å². The Kier molecular flexibility index (Phi) is 7.81. The van der Waals surface area contributed by atoms with Crippen molar-refractivity contribution in [3.05, 3.63) is 64.1 Å². The molecule has 0 radical (unpaired) electrons. The predicted octanol–water partition coefficient (Wildman–Crippen LogP) is 3.71. The van der Waals surface area contributed by atoms with E-state index >= 15 is 0 Å². The minimum atomic E-state index is -4.65. The Balaban J connectivity index is 1.95. The molecule has 1 aliphatic heterocycles. The van der Waals surface area contributed by atoms with Crippen molar-refractivity contribution in [2.24, 2.45) is 0 Å². The SMILES string of the molecule is O=C(O)[C@H]1CC(S(=O)(=O)c2ccccc2Cl)CN1C(=O)C(NCC(F)(F)F)c1ccc(Cl)cc1. The first-order chi connectivity index (χ1) is 15.8. The van der Waals surface area contributed by atoms with E-state index in [1.165, 1.54) is 48.5 Å². The van der Waals surface area contributed by atoms with Crippen molar-refractivity contribution in [3.63, 3.8) is 0 Å². The van der Waals surface area contributed by atoms with Gasteiger partial charge in [-0.1, -0.05) is 47.5 Å². The van der Waals surface area contributed by atoms with Crippen LogP contribution in [0.2, 0.25) is 10.0 Å². The summed E-state index contributed by atoms with van der Waals surface area (Å²) in [6.45, 7) is -2.06. The molecule has 184 valence electrons. The molecule has 0 aromatic heterocycles. The van der Waals surface area contributed by atoms with Gasteiger partial charge in [-0.05, 0) is 36.2 Å². The van der Waals surface area contributed by atoms with E-state index in [2.05, 4.69) is 5.32 Å². The quantitative estimate of drug-likeness (QED) is 0.556.